The molecule has 1 fully saturated rings. The lowest BCUT2D eigenvalue weighted by Gasteiger charge is -2.31. The quantitative estimate of drug-likeness (QED) is 0.529. The second-order valence-electron chi connectivity index (χ2n) is 7.86. The van der Waals surface area contributed by atoms with Crippen LogP contribution in [0.2, 0.25) is 10.0 Å². The number of piperidine rings is 1. The number of sulfonamides is 1. The Morgan fingerprint density at radius 1 is 1.00 bits per heavy atom. The molecule has 9 nitrogen and oxygen atoms in total. The van der Waals surface area contributed by atoms with Crippen molar-refractivity contribution in [1.82, 2.24) is 4.31 Å². The second-order valence-corrected chi connectivity index (χ2v) is 10.6. The molecule has 0 spiro atoms. The maximum absolute atomic E-state index is 12.9. The fourth-order valence-electron chi connectivity index (χ4n) is 3.76. The van der Waals surface area contributed by atoms with Crippen LogP contribution < -0.4 is 5.32 Å². The molecule has 0 aliphatic carbocycles. The van der Waals surface area contributed by atoms with E-state index in [1.54, 1.807) is 18.2 Å². The molecule has 3 rings (SSSR count). The van der Waals surface area contributed by atoms with Crippen LogP contribution in [0.15, 0.2) is 36.4 Å². The Bertz CT molecular complexity index is 1220. The van der Waals surface area contributed by atoms with Gasteiger partial charge in [0.05, 0.1) is 36.8 Å². The number of hydrogen-bond donors (Lipinski definition) is 1. The first-order valence-corrected chi connectivity index (χ1v) is 13.0. The van der Waals surface area contributed by atoms with Gasteiger partial charge >= 0.3 is 11.9 Å². The Morgan fingerprint density at radius 3 is 2.17 bits per heavy atom. The van der Waals surface area contributed by atoms with Gasteiger partial charge in [-0.25, -0.2) is 22.3 Å². The third kappa shape index (κ3) is 6.32. The highest BCUT2D eigenvalue weighted by atomic mass is 35.5. The SMILES string of the molecule is COC(=O)c1ccc(C(=O)OC)c(NC(=O)C2CCN(S(=O)(=O)Cc3c(Cl)cccc3Cl)CC2)c1. The molecule has 1 heterocycles. The van der Waals surface area contributed by atoms with Crippen LogP contribution in [0.1, 0.15) is 39.1 Å². The zero-order valence-electron chi connectivity index (χ0n) is 19.0. The number of esters is 2. The summed E-state index contributed by atoms with van der Waals surface area (Å²) in [6, 6.07) is 8.88. The Labute approximate surface area is 213 Å². The Balaban J connectivity index is 1.69. The van der Waals surface area contributed by atoms with Gasteiger partial charge in [-0.1, -0.05) is 29.3 Å². The summed E-state index contributed by atoms with van der Waals surface area (Å²) < 4.78 is 36.6. The van der Waals surface area contributed by atoms with Crippen molar-refractivity contribution in [3.8, 4) is 0 Å². The van der Waals surface area contributed by atoms with Gasteiger partial charge < -0.3 is 14.8 Å². The van der Waals surface area contributed by atoms with E-state index in [0.29, 0.717) is 5.56 Å². The molecular formula is C23H24Cl2N2O7S. The largest absolute Gasteiger partial charge is 0.465 e. The standard InChI is InChI=1S/C23H24Cl2N2O7S/c1-33-22(29)15-6-7-16(23(30)34-2)20(12-15)26-21(28)14-8-10-27(11-9-14)35(31,32)13-17-18(24)4-3-5-19(17)25/h3-7,12,14H,8-11,13H2,1-2H3,(H,26,28). The van der Waals surface area contributed by atoms with Crippen molar-refractivity contribution in [2.75, 3.05) is 32.6 Å². The van der Waals surface area contributed by atoms with E-state index >= 15 is 0 Å². The molecule has 0 radical (unpaired) electrons. The van der Waals surface area contributed by atoms with Gasteiger partial charge in [0.15, 0.2) is 0 Å². The number of methoxy groups -OCH3 is 2. The molecule has 2 aromatic carbocycles. The van der Waals surface area contributed by atoms with E-state index in [4.69, 9.17) is 32.7 Å². The first-order valence-electron chi connectivity index (χ1n) is 10.6. The molecule has 188 valence electrons. The summed E-state index contributed by atoms with van der Waals surface area (Å²) in [4.78, 5) is 36.9. The van der Waals surface area contributed by atoms with Crippen molar-refractivity contribution in [3.05, 3.63) is 63.1 Å². The monoisotopic (exact) mass is 542 g/mol. The molecule has 1 N–H and O–H groups in total. The van der Waals surface area contributed by atoms with Crippen LogP contribution in [0, 0.1) is 5.92 Å². The molecule has 0 unspecified atom stereocenters. The molecule has 0 atom stereocenters. The van der Waals surface area contributed by atoms with Crippen molar-refractivity contribution in [1.29, 1.82) is 0 Å². The van der Waals surface area contributed by atoms with Crippen molar-refractivity contribution in [2.24, 2.45) is 5.92 Å². The lowest BCUT2D eigenvalue weighted by molar-refractivity contribution is -0.120. The van der Waals surface area contributed by atoms with E-state index in [9.17, 15) is 22.8 Å². The molecule has 35 heavy (non-hydrogen) atoms. The third-order valence-electron chi connectivity index (χ3n) is 5.71. The number of carbonyl (C=O) groups is 3. The van der Waals surface area contributed by atoms with Crippen LogP contribution >= 0.6 is 23.2 Å². The van der Waals surface area contributed by atoms with Gasteiger partial charge in [-0.3, -0.25) is 4.79 Å². The summed E-state index contributed by atoms with van der Waals surface area (Å²) >= 11 is 12.2. The number of rotatable bonds is 7. The molecular weight excluding hydrogens is 519 g/mol. The number of amides is 1. The average molecular weight is 543 g/mol. The first kappa shape index (κ1) is 26.9. The molecule has 1 aliphatic heterocycles. The third-order valence-corrected chi connectivity index (χ3v) is 8.22. The zero-order valence-corrected chi connectivity index (χ0v) is 21.4. The second kappa shape index (κ2) is 11.4. The predicted octanol–water partition coefficient (Wildman–Crippen LogP) is 3.75. The van der Waals surface area contributed by atoms with Gasteiger partial charge in [0.2, 0.25) is 15.9 Å². The van der Waals surface area contributed by atoms with Gasteiger partial charge in [0.1, 0.15) is 0 Å². The topological polar surface area (TPSA) is 119 Å². The minimum atomic E-state index is -3.71. The number of halogens is 2. The van der Waals surface area contributed by atoms with E-state index in [0.717, 1.165) is 0 Å². The smallest absolute Gasteiger partial charge is 0.339 e. The fourth-order valence-corrected chi connectivity index (χ4v) is 6.07. The number of carbonyl (C=O) groups excluding carboxylic acids is 3. The summed E-state index contributed by atoms with van der Waals surface area (Å²) in [5.41, 5.74) is 0.657. The number of anilines is 1. The number of nitrogens with zero attached hydrogens (tertiary/aromatic N) is 1. The Hall–Kier alpha value is -2.66. The van der Waals surface area contributed by atoms with Crippen LogP contribution in [0.4, 0.5) is 5.69 Å². The summed E-state index contributed by atoms with van der Waals surface area (Å²) in [5.74, 6) is -2.56. The number of nitrogens with one attached hydrogen (secondary N) is 1. The normalized spacial score (nSPS) is 14.9. The highest BCUT2D eigenvalue weighted by Crippen LogP contribution is 2.29. The highest BCUT2D eigenvalue weighted by molar-refractivity contribution is 7.88. The minimum Gasteiger partial charge on any atom is -0.465 e. The van der Waals surface area contributed by atoms with Crippen molar-refractivity contribution >= 4 is 56.8 Å². The van der Waals surface area contributed by atoms with Gasteiger partial charge in [0, 0.05) is 34.6 Å². The predicted molar refractivity (Wildman–Crippen MR) is 131 cm³/mol. The molecule has 2 aromatic rings. The van der Waals surface area contributed by atoms with Crippen molar-refractivity contribution < 1.29 is 32.3 Å². The zero-order chi connectivity index (χ0) is 25.8. The maximum Gasteiger partial charge on any atom is 0.339 e. The lowest BCUT2D eigenvalue weighted by Crippen LogP contribution is -2.42. The van der Waals surface area contributed by atoms with Gasteiger partial charge in [-0.15, -0.1) is 0 Å². The Morgan fingerprint density at radius 2 is 1.60 bits per heavy atom. The summed E-state index contributed by atoms with van der Waals surface area (Å²) in [6.45, 7) is 0.267. The number of ether oxygens (including phenoxy) is 2. The summed E-state index contributed by atoms with van der Waals surface area (Å²) in [7, 11) is -1.29. The Kier molecular flexibility index (Phi) is 8.76. The van der Waals surface area contributed by atoms with Crippen LogP contribution in [-0.4, -0.2) is 57.9 Å². The van der Waals surface area contributed by atoms with E-state index in [1.165, 1.54) is 36.7 Å². The van der Waals surface area contributed by atoms with Gasteiger partial charge in [0.25, 0.3) is 0 Å². The molecule has 0 saturated carbocycles. The molecule has 1 saturated heterocycles. The molecule has 1 amide bonds. The van der Waals surface area contributed by atoms with E-state index in [2.05, 4.69) is 5.32 Å². The minimum absolute atomic E-state index is 0.0742. The van der Waals surface area contributed by atoms with Crippen molar-refractivity contribution in [3.63, 3.8) is 0 Å². The maximum atomic E-state index is 12.9. The fraction of sp³-hybridized carbons (Fsp3) is 0.348. The first-order chi connectivity index (χ1) is 16.6. The average Bonchev–Trinajstić information content (AvgIpc) is 2.85. The van der Waals surface area contributed by atoms with E-state index in [1.807, 2.05) is 0 Å². The summed E-state index contributed by atoms with van der Waals surface area (Å²) in [5, 5.41) is 3.21. The van der Waals surface area contributed by atoms with E-state index in [-0.39, 0.29) is 58.5 Å². The van der Waals surface area contributed by atoms with Crippen molar-refractivity contribution in [2.45, 2.75) is 18.6 Å². The lowest BCUT2D eigenvalue weighted by atomic mass is 9.97. The van der Waals surface area contributed by atoms with Gasteiger partial charge in [-0.05, 0) is 43.2 Å². The molecule has 0 bridgehead atoms. The summed E-state index contributed by atoms with van der Waals surface area (Å²) in [6.07, 6.45) is 0.539. The van der Waals surface area contributed by atoms with Crippen LogP contribution in [-0.2, 0) is 30.0 Å². The molecule has 12 heteroatoms. The number of benzene rings is 2. The highest BCUT2D eigenvalue weighted by Gasteiger charge is 2.32. The van der Waals surface area contributed by atoms with Crippen LogP contribution in [0.3, 0.4) is 0 Å². The number of hydrogen-bond acceptors (Lipinski definition) is 7. The molecule has 0 aromatic heterocycles. The van der Waals surface area contributed by atoms with Crippen LogP contribution in [0.25, 0.3) is 0 Å². The molecule has 1 aliphatic rings. The van der Waals surface area contributed by atoms with Gasteiger partial charge in [-0.2, -0.15) is 0 Å². The van der Waals surface area contributed by atoms with Crippen LogP contribution in [0.5, 0.6) is 0 Å². The van der Waals surface area contributed by atoms with E-state index < -0.39 is 33.8 Å².